The van der Waals surface area contributed by atoms with E-state index in [0.717, 1.165) is 25.8 Å². The van der Waals surface area contributed by atoms with Crippen LogP contribution in [0.15, 0.2) is 39.4 Å². The fourth-order valence-electron chi connectivity index (χ4n) is 3.19. The third kappa shape index (κ3) is 4.44. The van der Waals surface area contributed by atoms with Crippen molar-refractivity contribution < 1.29 is 20.1 Å². The van der Waals surface area contributed by atoms with Gasteiger partial charge in [-0.25, -0.2) is 4.98 Å². The van der Waals surface area contributed by atoms with Gasteiger partial charge in [-0.1, -0.05) is 11.8 Å². The second kappa shape index (κ2) is 8.86. The quantitative estimate of drug-likeness (QED) is 0.402. The maximum absolute atomic E-state index is 11.0. The second-order valence-corrected chi connectivity index (χ2v) is 9.74. The molecule has 12 heteroatoms. The highest BCUT2D eigenvalue weighted by Crippen LogP contribution is 2.36. The molecule has 1 saturated heterocycles. The molecular formula is C17H20BrN5O4S2. The number of aliphatic hydroxyl groups is 3. The van der Waals surface area contributed by atoms with E-state index in [2.05, 4.69) is 36.9 Å². The van der Waals surface area contributed by atoms with Gasteiger partial charge in [0.25, 0.3) is 0 Å². The summed E-state index contributed by atoms with van der Waals surface area (Å²) in [5, 5.41) is 35.9. The highest BCUT2D eigenvalue weighted by molar-refractivity contribution is 9.10. The first-order valence-corrected chi connectivity index (χ1v) is 11.4. The Bertz CT molecular complexity index is 900. The van der Waals surface area contributed by atoms with Crippen molar-refractivity contribution in [3.05, 3.63) is 45.2 Å². The van der Waals surface area contributed by atoms with Gasteiger partial charge in [-0.15, -0.1) is 16.9 Å². The number of hydrazine groups is 2. The number of ether oxygens (including phenoxy) is 1. The van der Waals surface area contributed by atoms with Crippen LogP contribution in [0.4, 0.5) is 0 Å². The van der Waals surface area contributed by atoms with E-state index in [9.17, 15) is 15.3 Å². The molecule has 0 spiro atoms. The van der Waals surface area contributed by atoms with Crippen molar-refractivity contribution in [3.63, 3.8) is 0 Å². The van der Waals surface area contributed by atoms with E-state index in [0.29, 0.717) is 0 Å². The summed E-state index contributed by atoms with van der Waals surface area (Å²) in [4.78, 5) is 9.34. The topological polar surface area (TPSA) is 123 Å². The minimum absolute atomic E-state index is 0.374. The van der Waals surface area contributed by atoms with E-state index in [4.69, 9.17) is 4.74 Å². The lowest BCUT2D eigenvalue weighted by Gasteiger charge is -2.45. The van der Waals surface area contributed by atoms with E-state index in [-0.39, 0.29) is 6.61 Å². The van der Waals surface area contributed by atoms with Gasteiger partial charge in [0.05, 0.1) is 17.3 Å². The van der Waals surface area contributed by atoms with E-state index in [1.165, 1.54) is 23.1 Å². The Balaban J connectivity index is 1.56. The molecule has 9 nitrogen and oxygen atoms in total. The van der Waals surface area contributed by atoms with Crippen LogP contribution in [0.3, 0.4) is 0 Å². The van der Waals surface area contributed by atoms with Crippen LogP contribution in [-0.4, -0.2) is 66.7 Å². The summed E-state index contributed by atoms with van der Waals surface area (Å²) < 4.78 is 6.58. The van der Waals surface area contributed by atoms with Gasteiger partial charge >= 0.3 is 0 Å². The van der Waals surface area contributed by atoms with Gasteiger partial charge in [0.2, 0.25) is 0 Å². The number of hydrogen-bond acceptors (Lipinski definition) is 11. The molecule has 0 bridgehead atoms. The molecular weight excluding hydrogens is 482 g/mol. The molecule has 0 saturated carbocycles. The third-order valence-corrected chi connectivity index (χ3v) is 6.91. The summed E-state index contributed by atoms with van der Waals surface area (Å²) >= 11 is 6.19. The van der Waals surface area contributed by atoms with Crippen LogP contribution in [0.25, 0.3) is 5.70 Å². The van der Waals surface area contributed by atoms with Crippen molar-refractivity contribution in [1.82, 2.24) is 25.9 Å². The molecule has 2 aromatic heterocycles. The summed E-state index contributed by atoms with van der Waals surface area (Å²) in [6.45, 7) is 1.55. The van der Waals surface area contributed by atoms with Crippen LogP contribution in [-0.2, 0) is 4.74 Å². The number of rotatable bonds is 5. The van der Waals surface area contributed by atoms with Crippen LogP contribution >= 0.6 is 39.0 Å². The SMILES string of the molecule is Cc1nc(C2=CN(C3C(O)[C@@H](Sc4cncc(Br)c4)OC(CO)[C@@H]3O)NN2)cs1. The molecule has 2 aliphatic rings. The van der Waals surface area contributed by atoms with Gasteiger partial charge in [-0.05, 0) is 28.9 Å². The van der Waals surface area contributed by atoms with Gasteiger partial charge in [0, 0.05) is 33.3 Å². The number of thioether (sulfide) groups is 1. The molecule has 5 atom stereocenters. The third-order valence-electron chi connectivity index (χ3n) is 4.58. The Labute approximate surface area is 183 Å². The molecule has 0 radical (unpaired) electrons. The summed E-state index contributed by atoms with van der Waals surface area (Å²) in [6, 6.07) is 1.10. The Morgan fingerprint density at radius 2 is 2.17 bits per heavy atom. The molecule has 0 aliphatic carbocycles. The smallest absolute Gasteiger partial charge is 0.136 e. The molecule has 4 rings (SSSR count). The number of aliphatic hydroxyl groups excluding tert-OH is 3. The molecule has 5 N–H and O–H groups in total. The molecule has 4 heterocycles. The number of thiazole rings is 1. The Kier molecular flexibility index (Phi) is 6.41. The molecule has 2 aliphatic heterocycles. The summed E-state index contributed by atoms with van der Waals surface area (Å²) in [5.74, 6) is 0. The van der Waals surface area contributed by atoms with Gasteiger partial charge in [-0.3, -0.25) is 9.99 Å². The van der Waals surface area contributed by atoms with E-state index >= 15 is 0 Å². The van der Waals surface area contributed by atoms with Crippen molar-refractivity contribution in [2.24, 2.45) is 0 Å². The molecule has 156 valence electrons. The van der Waals surface area contributed by atoms with E-state index in [1.54, 1.807) is 23.6 Å². The monoisotopic (exact) mass is 501 g/mol. The zero-order valence-electron chi connectivity index (χ0n) is 15.3. The van der Waals surface area contributed by atoms with Gasteiger partial charge < -0.3 is 25.5 Å². The summed E-state index contributed by atoms with van der Waals surface area (Å²) in [7, 11) is 0. The Hall–Kier alpha value is -1.25. The van der Waals surface area contributed by atoms with Gasteiger partial charge in [0.1, 0.15) is 35.5 Å². The van der Waals surface area contributed by atoms with Crippen molar-refractivity contribution >= 4 is 44.7 Å². The van der Waals surface area contributed by atoms with Crippen molar-refractivity contribution in [3.8, 4) is 0 Å². The zero-order valence-corrected chi connectivity index (χ0v) is 18.5. The lowest BCUT2D eigenvalue weighted by atomic mass is 9.97. The van der Waals surface area contributed by atoms with Crippen LogP contribution in [0.2, 0.25) is 0 Å². The second-order valence-electron chi connectivity index (χ2n) is 6.59. The Morgan fingerprint density at radius 1 is 1.34 bits per heavy atom. The first kappa shape index (κ1) is 21.0. The highest BCUT2D eigenvalue weighted by Gasteiger charge is 2.48. The van der Waals surface area contributed by atoms with Gasteiger partial charge in [0.15, 0.2) is 0 Å². The highest BCUT2D eigenvalue weighted by atomic mass is 79.9. The Morgan fingerprint density at radius 3 is 2.86 bits per heavy atom. The summed E-state index contributed by atoms with van der Waals surface area (Å²) in [6.07, 6.45) is 2.05. The number of nitrogens with one attached hydrogen (secondary N) is 2. The number of aryl methyl sites for hydroxylation is 1. The average Bonchev–Trinajstić information content (AvgIpc) is 3.33. The van der Waals surface area contributed by atoms with E-state index < -0.39 is 29.8 Å². The number of aromatic nitrogens is 2. The largest absolute Gasteiger partial charge is 0.394 e. The normalized spacial score (nSPS) is 29.6. The number of hydrogen-bond donors (Lipinski definition) is 5. The lowest BCUT2D eigenvalue weighted by molar-refractivity contribution is -0.189. The number of halogens is 1. The van der Waals surface area contributed by atoms with Crippen LogP contribution in [0.5, 0.6) is 0 Å². The van der Waals surface area contributed by atoms with E-state index in [1.807, 2.05) is 18.4 Å². The predicted octanol–water partition coefficient (Wildman–Crippen LogP) is 0.832. The standard InChI is InChI=1S/C17H20BrN5O4S2/c1-8-20-12(7-28-8)11-5-23(22-21-11)14-15(25)13(6-24)27-17(16(14)26)29-10-2-9(18)3-19-4-10/h2-5,7,13-17,21-22,24-26H,6H2,1H3/t13?,14?,15-,16?,17+/m0/s1. The fraction of sp³-hybridized carbons (Fsp3) is 0.412. The maximum Gasteiger partial charge on any atom is 0.136 e. The molecule has 2 aromatic rings. The van der Waals surface area contributed by atoms with Crippen molar-refractivity contribution in [1.29, 1.82) is 0 Å². The molecule has 1 fully saturated rings. The molecule has 29 heavy (non-hydrogen) atoms. The minimum atomic E-state index is -1.12. The first-order chi connectivity index (χ1) is 14.0. The molecule has 0 aromatic carbocycles. The van der Waals surface area contributed by atoms with Crippen LogP contribution < -0.4 is 11.0 Å². The van der Waals surface area contributed by atoms with Crippen molar-refractivity contribution in [2.75, 3.05) is 6.61 Å². The minimum Gasteiger partial charge on any atom is -0.394 e. The number of pyridine rings is 1. The van der Waals surface area contributed by atoms with Crippen LogP contribution in [0, 0.1) is 6.92 Å². The van der Waals surface area contributed by atoms with Crippen molar-refractivity contribution in [2.45, 2.75) is 41.6 Å². The summed E-state index contributed by atoms with van der Waals surface area (Å²) in [5.41, 5.74) is 6.74. The first-order valence-electron chi connectivity index (χ1n) is 8.80. The van der Waals surface area contributed by atoms with Crippen LogP contribution in [0.1, 0.15) is 10.7 Å². The molecule has 3 unspecified atom stereocenters. The fourth-order valence-corrected chi connectivity index (χ4v) is 5.40. The molecule has 0 amide bonds. The maximum atomic E-state index is 11.0. The number of nitrogens with zero attached hydrogens (tertiary/aromatic N) is 3. The average molecular weight is 502 g/mol. The lowest BCUT2D eigenvalue weighted by Crippen LogP contribution is -2.65. The van der Waals surface area contributed by atoms with Gasteiger partial charge in [-0.2, -0.15) is 0 Å². The predicted molar refractivity (Wildman–Crippen MR) is 112 cm³/mol. The zero-order chi connectivity index (χ0) is 20.5.